The molecule has 30 heavy (non-hydrogen) atoms. The van der Waals surface area contributed by atoms with E-state index >= 15 is 0 Å². The van der Waals surface area contributed by atoms with Crippen molar-refractivity contribution in [3.8, 4) is 11.5 Å². The first-order chi connectivity index (χ1) is 14.6. The maximum Gasteiger partial charge on any atom is 0.282 e. The van der Waals surface area contributed by atoms with Gasteiger partial charge in [-0.3, -0.25) is 9.59 Å². The lowest BCUT2D eigenvalue weighted by Crippen LogP contribution is -2.40. The summed E-state index contributed by atoms with van der Waals surface area (Å²) in [5.74, 6) is 0.163. The predicted molar refractivity (Wildman–Crippen MR) is 113 cm³/mol. The first kappa shape index (κ1) is 20.3. The molecule has 0 bridgehead atoms. The number of benzene rings is 2. The van der Waals surface area contributed by atoms with E-state index in [0.29, 0.717) is 65.3 Å². The van der Waals surface area contributed by atoms with Crippen molar-refractivity contribution in [2.75, 3.05) is 45.4 Å². The fraction of sp³-hybridized carbons (Fsp3) is 0.273. The van der Waals surface area contributed by atoms with Crippen LogP contribution in [0, 0.1) is 0 Å². The van der Waals surface area contributed by atoms with Gasteiger partial charge in [0.15, 0.2) is 0 Å². The Morgan fingerprint density at radius 1 is 0.933 bits per heavy atom. The average molecular weight is 429 g/mol. The van der Waals surface area contributed by atoms with Crippen LogP contribution in [0.25, 0.3) is 5.57 Å². The quantitative estimate of drug-likeness (QED) is 0.682. The molecule has 1 fully saturated rings. The van der Waals surface area contributed by atoms with Crippen LogP contribution >= 0.6 is 11.6 Å². The van der Waals surface area contributed by atoms with Gasteiger partial charge in [-0.1, -0.05) is 29.8 Å². The molecule has 8 heteroatoms. The summed E-state index contributed by atoms with van der Waals surface area (Å²) in [6.07, 6.45) is 0. The van der Waals surface area contributed by atoms with E-state index in [1.54, 1.807) is 30.3 Å². The lowest BCUT2D eigenvalue weighted by atomic mass is 10.0. The molecular weight excluding hydrogens is 408 g/mol. The van der Waals surface area contributed by atoms with Gasteiger partial charge in [0.05, 0.1) is 43.7 Å². The van der Waals surface area contributed by atoms with Crippen molar-refractivity contribution in [1.29, 1.82) is 0 Å². The van der Waals surface area contributed by atoms with E-state index in [9.17, 15) is 9.59 Å². The molecule has 0 atom stereocenters. The molecular formula is C22H21ClN2O5. The third-order valence-corrected chi connectivity index (χ3v) is 5.45. The number of ether oxygens (including phenoxy) is 3. The topological polar surface area (TPSA) is 68.3 Å². The minimum atomic E-state index is -0.424. The Hall–Kier alpha value is -3.03. The molecule has 0 unspecified atom stereocenters. The second-order valence-electron chi connectivity index (χ2n) is 6.79. The van der Waals surface area contributed by atoms with Gasteiger partial charge in [-0.15, -0.1) is 0 Å². The molecule has 0 aromatic heterocycles. The third kappa shape index (κ3) is 3.40. The summed E-state index contributed by atoms with van der Waals surface area (Å²) >= 11 is 6.25. The molecule has 2 aliphatic heterocycles. The standard InChI is InChI=1S/C22H21ClN2O5/c1-28-17-6-4-3-5-15(17)19-20(24-9-11-30-12-10-24)22(27)25(21(19)26)14-7-8-18(29-2)16(23)13-14/h3-8,13H,9-12H2,1-2H3. The maximum absolute atomic E-state index is 13.6. The van der Waals surface area contributed by atoms with Crippen molar-refractivity contribution in [2.24, 2.45) is 0 Å². The zero-order valence-electron chi connectivity index (χ0n) is 16.7. The van der Waals surface area contributed by atoms with E-state index in [4.69, 9.17) is 25.8 Å². The molecule has 1 saturated heterocycles. The van der Waals surface area contributed by atoms with Crippen LogP contribution < -0.4 is 14.4 Å². The zero-order valence-corrected chi connectivity index (χ0v) is 17.4. The molecule has 2 aromatic carbocycles. The van der Waals surface area contributed by atoms with Crippen LogP contribution in [-0.4, -0.2) is 57.2 Å². The smallest absolute Gasteiger partial charge is 0.282 e. The Kier molecular flexibility index (Phi) is 5.65. The highest BCUT2D eigenvalue weighted by atomic mass is 35.5. The number of halogens is 1. The number of methoxy groups -OCH3 is 2. The predicted octanol–water partition coefficient (Wildman–Crippen LogP) is 2.97. The van der Waals surface area contributed by atoms with Gasteiger partial charge < -0.3 is 19.1 Å². The Labute approximate surface area is 179 Å². The molecule has 2 amide bonds. The molecule has 2 aromatic rings. The minimum Gasteiger partial charge on any atom is -0.496 e. The molecule has 0 spiro atoms. The third-order valence-electron chi connectivity index (χ3n) is 5.16. The monoisotopic (exact) mass is 428 g/mol. The van der Waals surface area contributed by atoms with Crippen molar-refractivity contribution in [1.82, 2.24) is 4.90 Å². The number of nitrogens with zero attached hydrogens (tertiary/aromatic N) is 2. The lowest BCUT2D eigenvalue weighted by Gasteiger charge is -2.29. The van der Waals surface area contributed by atoms with Gasteiger partial charge in [0, 0.05) is 18.7 Å². The van der Waals surface area contributed by atoms with Crippen LogP contribution in [0.4, 0.5) is 5.69 Å². The first-order valence-electron chi connectivity index (χ1n) is 9.49. The molecule has 2 aliphatic rings. The summed E-state index contributed by atoms with van der Waals surface area (Å²) in [6, 6.07) is 12.0. The summed E-state index contributed by atoms with van der Waals surface area (Å²) in [5, 5.41) is 0.314. The summed E-state index contributed by atoms with van der Waals surface area (Å²) in [6.45, 7) is 2.01. The van der Waals surface area contributed by atoms with E-state index in [2.05, 4.69) is 0 Å². The number of hydrogen-bond acceptors (Lipinski definition) is 6. The minimum absolute atomic E-state index is 0.311. The van der Waals surface area contributed by atoms with Crippen LogP contribution in [0.15, 0.2) is 48.2 Å². The summed E-state index contributed by atoms with van der Waals surface area (Å²) in [7, 11) is 3.04. The summed E-state index contributed by atoms with van der Waals surface area (Å²) < 4.78 is 16.1. The summed E-state index contributed by atoms with van der Waals surface area (Å²) in [5.41, 5.74) is 1.61. The lowest BCUT2D eigenvalue weighted by molar-refractivity contribution is -0.121. The second-order valence-corrected chi connectivity index (χ2v) is 7.20. The highest BCUT2D eigenvalue weighted by molar-refractivity contribution is 6.46. The summed E-state index contributed by atoms with van der Waals surface area (Å²) in [4.78, 5) is 30.1. The first-order valence-corrected chi connectivity index (χ1v) is 9.87. The van der Waals surface area contributed by atoms with Gasteiger partial charge in [0.25, 0.3) is 11.8 Å². The maximum atomic E-state index is 13.6. The van der Waals surface area contributed by atoms with E-state index in [-0.39, 0.29) is 0 Å². The van der Waals surface area contributed by atoms with Gasteiger partial charge in [-0.25, -0.2) is 4.90 Å². The number of hydrogen-bond donors (Lipinski definition) is 0. The number of carbonyl (C=O) groups is 2. The normalized spacial score (nSPS) is 17.0. The van der Waals surface area contributed by atoms with Crippen LogP contribution in [0.5, 0.6) is 11.5 Å². The average Bonchev–Trinajstić information content (AvgIpc) is 3.04. The molecule has 4 rings (SSSR count). The zero-order chi connectivity index (χ0) is 21.3. The fourth-order valence-electron chi connectivity index (χ4n) is 3.72. The van der Waals surface area contributed by atoms with Crippen LogP contribution in [0.3, 0.4) is 0 Å². The van der Waals surface area contributed by atoms with Crippen molar-refractivity contribution in [2.45, 2.75) is 0 Å². The van der Waals surface area contributed by atoms with Crippen molar-refractivity contribution in [3.63, 3.8) is 0 Å². The van der Waals surface area contributed by atoms with Crippen molar-refractivity contribution >= 4 is 34.7 Å². The number of imide groups is 1. The molecule has 0 N–H and O–H groups in total. The number of rotatable bonds is 5. The van der Waals surface area contributed by atoms with E-state index in [1.165, 1.54) is 14.2 Å². The molecule has 0 saturated carbocycles. The van der Waals surface area contributed by atoms with Gasteiger partial charge in [-0.05, 0) is 24.3 Å². The number of carbonyl (C=O) groups excluding carboxylic acids is 2. The van der Waals surface area contributed by atoms with Crippen LogP contribution in [-0.2, 0) is 14.3 Å². The largest absolute Gasteiger partial charge is 0.496 e. The van der Waals surface area contributed by atoms with Crippen molar-refractivity contribution < 1.29 is 23.8 Å². The van der Waals surface area contributed by atoms with E-state index in [0.717, 1.165) is 4.90 Å². The Balaban J connectivity index is 1.85. The SMILES string of the molecule is COc1ccc(N2C(=O)C(c3ccccc3OC)=C(N3CCOCC3)C2=O)cc1Cl. The number of morpholine rings is 1. The Bertz CT molecular complexity index is 1030. The van der Waals surface area contributed by atoms with Crippen molar-refractivity contribution in [3.05, 3.63) is 58.7 Å². The Morgan fingerprint density at radius 3 is 2.30 bits per heavy atom. The molecule has 7 nitrogen and oxygen atoms in total. The van der Waals surface area contributed by atoms with Gasteiger partial charge >= 0.3 is 0 Å². The number of amides is 2. The number of anilines is 1. The molecule has 156 valence electrons. The van der Waals surface area contributed by atoms with Gasteiger partial charge in [-0.2, -0.15) is 0 Å². The van der Waals surface area contributed by atoms with Crippen LogP contribution in [0.2, 0.25) is 5.02 Å². The van der Waals surface area contributed by atoms with Crippen LogP contribution in [0.1, 0.15) is 5.56 Å². The van der Waals surface area contributed by atoms with E-state index < -0.39 is 11.8 Å². The molecule has 0 radical (unpaired) electrons. The molecule has 0 aliphatic carbocycles. The highest BCUT2D eigenvalue weighted by Gasteiger charge is 2.43. The second kappa shape index (κ2) is 8.38. The molecule has 2 heterocycles. The van der Waals surface area contributed by atoms with Gasteiger partial charge in [0.1, 0.15) is 17.2 Å². The van der Waals surface area contributed by atoms with E-state index in [1.807, 2.05) is 17.0 Å². The number of para-hydroxylation sites is 1. The fourth-order valence-corrected chi connectivity index (χ4v) is 3.97. The Morgan fingerprint density at radius 2 is 1.63 bits per heavy atom. The highest BCUT2D eigenvalue weighted by Crippen LogP contribution is 2.39. The van der Waals surface area contributed by atoms with Gasteiger partial charge in [0.2, 0.25) is 0 Å².